The summed E-state index contributed by atoms with van der Waals surface area (Å²) in [6.07, 6.45) is 1.30. The smallest absolute Gasteiger partial charge is 0.242 e. The zero-order chi connectivity index (χ0) is 14.5. The van der Waals surface area contributed by atoms with Crippen LogP contribution in [0.2, 0.25) is 5.02 Å². The molecule has 19 heavy (non-hydrogen) atoms. The van der Waals surface area contributed by atoms with E-state index in [1.165, 1.54) is 18.2 Å². The average molecular weight is 306 g/mol. The Hall–Kier alpha value is -1.31. The molecule has 0 saturated carbocycles. The highest BCUT2D eigenvalue weighted by Gasteiger charge is 2.16. The fourth-order valence-electron chi connectivity index (χ4n) is 1.47. The lowest BCUT2D eigenvalue weighted by Gasteiger charge is -2.09. The van der Waals surface area contributed by atoms with E-state index in [0.717, 1.165) is 0 Å². The summed E-state index contributed by atoms with van der Waals surface area (Å²) in [5, 5.41) is 0.373. The second kappa shape index (κ2) is 6.74. The van der Waals surface area contributed by atoms with Crippen LogP contribution in [0.5, 0.6) is 0 Å². The van der Waals surface area contributed by atoms with Crippen molar-refractivity contribution in [3.05, 3.63) is 23.2 Å². The lowest BCUT2D eigenvalue weighted by Crippen LogP contribution is -2.25. The minimum absolute atomic E-state index is 0.00759. The van der Waals surface area contributed by atoms with Gasteiger partial charge >= 0.3 is 0 Å². The first-order valence-corrected chi connectivity index (χ1v) is 7.52. The van der Waals surface area contributed by atoms with Gasteiger partial charge in [0.15, 0.2) is 0 Å². The summed E-state index contributed by atoms with van der Waals surface area (Å²) in [7, 11) is -3.66. The van der Waals surface area contributed by atoms with Gasteiger partial charge in [-0.05, 0) is 31.0 Å². The standard InChI is InChI=1S/C11H16ClN3O3S/c12-8-4-5-10(9(13)7-8)19(17,18)15-6-2-1-3-11(14)16/h4-5,7,15H,1-3,6,13H2,(H2,14,16). The minimum atomic E-state index is -3.66. The fourth-order valence-corrected chi connectivity index (χ4v) is 2.84. The molecule has 1 aromatic rings. The summed E-state index contributed by atoms with van der Waals surface area (Å²) < 4.78 is 26.3. The van der Waals surface area contributed by atoms with Crippen molar-refractivity contribution < 1.29 is 13.2 Å². The molecule has 106 valence electrons. The Balaban J connectivity index is 2.59. The van der Waals surface area contributed by atoms with Crippen molar-refractivity contribution in [2.75, 3.05) is 12.3 Å². The van der Waals surface area contributed by atoms with E-state index in [2.05, 4.69) is 4.72 Å². The minimum Gasteiger partial charge on any atom is -0.398 e. The molecular weight excluding hydrogens is 290 g/mol. The number of carbonyl (C=O) groups excluding carboxylic acids is 1. The van der Waals surface area contributed by atoms with Crippen LogP contribution in [0.3, 0.4) is 0 Å². The van der Waals surface area contributed by atoms with Gasteiger partial charge in [0, 0.05) is 18.0 Å². The molecule has 5 N–H and O–H groups in total. The SMILES string of the molecule is NC(=O)CCCCNS(=O)(=O)c1ccc(Cl)cc1N. The van der Waals surface area contributed by atoms with Crippen LogP contribution in [0.15, 0.2) is 23.1 Å². The number of nitrogen functional groups attached to an aromatic ring is 1. The number of sulfonamides is 1. The molecule has 0 aromatic heterocycles. The zero-order valence-electron chi connectivity index (χ0n) is 10.2. The number of rotatable bonds is 7. The number of halogens is 1. The largest absolute Gasteiger partial charge is 0.398 e. The summed E-state index contributed by atoms with van der Waals surface area (Å²) >= 11 is 5.70. The first kappa shape index (κ1) is 15.7. The first-order chi connectivity index (χ1) is 8.83. The molecule has 0 fully saturated rings. The molecule has 0 aliphatic rings. The molecule has 1 aromatic carbocycles. The lowest BCUT2D eigenvalue weighted by molar-refractivity contribution is -0.118. The highest BCUT2D eigenvalue weighted by atomic mass is 35.5. The number of hydrogen-bond donors (Lipinski definition) is 3. The van der Waals surface area contributed by atoms with Crippen molar-refractivity contribution in [2.45, 2.75) is 24.2 Å². The number of anilines is 1. The highest BCUT2D eigenvalue weighted by Crippen LogP contribution is 2.22. The van der Waals surface area contributed by atoms with Gasteiger partial charge in [0.05, 0.1) is 5.69 Å². The van der Waals surface area contributed by atoms with E-state index in [9.17, 15) is 13.2 Å². The van der Waals surface area contributed by atoms with E-state index in [4.69, 9.17) is 23.1 Å². The normalized spacial score (nSPS) is 11.4. The van der Waals surface area contributed by atoms with Crippen molar-refractivity contribution in [3.63, 3.8) is 0 Å². The molecule has 0 saturated heterocycles. The Morgan fingerprint density at radius 1 is 1.32 bits per heavy atom. The Kier molecular flexibility index (Phi) is 5.59. The zero-order valence-corrected chi connectivity index (χ0v) is 11.8. The monoisotopic (exact) mass is 305 g/mol. The summed E-state index contributed by atoms with van der Waals surface area (Å²) in [5.74, 6) is -0.398. The van der Waals surface area contributed by atoms with E-state index in [1.54, 1.807) is 0 Å². The molecule has 0 spiro atoms. The molecule has 0 atom stereocenters. The summed E-state index contributed by atoms with van der Waals surface area (Å²) in [6, 6.07) is 4.19. The summed E-state index contributed by atoms with van der Waals surface area (Å²) in [6.45, 7) is 0.220. The Morgan fingerprint density at radius 3 is 2.58 bits per heavy atom. The second-order valence-electron chi connectivity index (χ2n) is 4.00. The maximum Gasteiger partial charge on any atom is 0.242 e. The number of nitrogens with two attached hydrogens (primary N) is 2. The third kappa shape index (κ3) is 5.06. The van der Waals surface area contributed by atoms with Crippen LogP contribution >= 0.6 is 11.6 Å². The Labute approximate surface area is 117 Å². The predicted octanol–water partition coefficient (Wildman–Crippen LogP) is 0.856. The second-order valence-corrected chi connectivity index (χ2v) is 6.18. The highest BCUT2D eigenvalue weighted by molar-refractivity contribution is 7.89. The van der Waals surface area contributed by atoms with Crippen LogP contribution in [-0.2, 0) is 14.8 Å². The van der Waals surface area contributed by atoms with Gasteiger partial charge in [0.25, 0.3) is 0 Å². The molecule has 1 rings (SSSR count). The third-order valence-corrected chi connectivity index (χ3v) is 4.17. The van der Waals surface area contributed by atoms with Crippen molar-refractivity contribution in [1.29, 1.82) is 0 Å². The van der Waals surface area contributed by atoms with Gasteiger partial charge < -0.3 is 11.5 Å². The predicted molar refractivity (Wildman–Crippen MR) is 74.1 cm³/mol. The molecule has 0 bridgehead atoms. The topological polar surface area (TPSA) is 115 Å². The van der Waals surface area contributed by atoms with Gasteiger partial charge in [0.1, 0.15) is 4.90 Å². The molecule has 6 nitrogen and oxygen atoms in total. The van der Waals surface area contributed by atoms with Gasteiger partial charge in [-0.1, -0.05) is 11.6 Å². The molecule has 0 aliphatic carbocycles. The van der Waals surface area contributed by atoms with Crippen LogP contribution in [0, 0.1) is 0 Å². The first-order valence-electron chi connectivity index (χ1n) is 5.66. The number of nitrogens with one attached hydrogen (secondary N) is 1. The maximum atomic E-state index is 11.9. The summed E-state index contributed by atoms with van der Waals surface area (Å²) in [4.78, 5) is 10.5. The molecule has 0 heterocycles. The van der Waals surface area contributed by atoms with Crippen LogP contribution in [-0.4, -0.2) is 20.9 Å². The number of carbonyl (C=O) groups is 1. The molecule has 1 amide bonds. The van der Waals surface area contributed by atoms with Crippen molar-refractivity contribution in [2.24, 2.45) is 5.73 Å². The van der Waals surface area contributed by atoms with E-state index in [0.29, 0.717) is 17.9 Å². The number of unbranched alkanes of at least 4 members (excludes halogenated alkanes) is 1. The summed E-state index contributed by atoms with van der Waals surface area (Å²) in [5.41, 5.74) is 10.7. The molecular formula is C11H16ClN3O3S. The molecule has 0 radical (unpaired) electrons. The number of hydrogen-bond acceptors (Lipinski definition) is 4. The number of primary amides is 1. The van der Waals surface area contributed by atoms with Gasteiger partial charge in [-0.3, -0.25) is 4.79 Å². The molecule has 0 aliphatic heterocycles. The van der Waals surface area contributed by atoms with Crippen LogP contribution in [0.4, 0.5) is 5.69 Å². The van der Waals surface area contributed by atoms with Gasteiger partial charge in [-0.25, -0.2) is 13.1 Å². The Morgan fingerprint density at radius 2 is 2.00 bits per heavy atom. The molecule has 8 heteroatoms. The van der Waals surface area contributed by atoms with Crippen LogP contribution < -0.4 is 16.2 Å². The van der Waals surface area contributed by atoms with Crippen molar-refractivity contribution >= 4 is 33.2 Å². The van der Waals surface area contributed by atoms with E-state index >= 15 is 0 Å². The Bertz CT molecular complexity index is 560. The van der Waals surface area contributed by atoms with Gasteiger partial charge in [0.2, 0.25) is 15.9 Å². The molecule has 0 unspecified atom stereocenters. The average Bonchev–Trinajstić information content (AvgIpc) is 2.27. The number of amides is 1. The lowest BCUT2D eigenvalue weighted by atomic mass is 10.2. The van der Waals surface area contributed by atoms with Gasteiger partial charge in [-0.15, -0.1) is 0 Å². The van der Waals surface area contributed by atoms with Crippen LogP contribution in [0.25, 0.3) is 0 Å². The van der Waals surface area contributed by atoms with E-state index < -0.39 is 15.9 Å². The van der Waals surface area contributed by atoms with Crippen molar-refractivity contribution in [1.82, 2.24) is 4.72 Å². The van der Waals surface area contributed by atoms with E-state index in [-0.39, 0.29) is 23.5 Å². The third-order valence-electron chi connectivity index (χ3n) is 2.40. The number of benzene rings is 1. The van der Waals surface area contributed by atoms with Gasteiger partial charge in [-0.2, -0.15) is 0 Å². The quantitative estimate of drug-likeness (QED) is 0.511. The fraction of sp³-hybridized carbons (Fsp3) is 0.364. The van der Waals surface area contributed by atoms with Crippen LogP contribution in [0.1, 0.15) is 19.3 Å². The van der Waals surface area contributed by atoms with Crippen molar-refractivity contribution in [3.8, 4) is 0 Å². The maximum absolute atomic E-state index is 11.9. The van der Waals surface area contributed by atoms with E-state index in [1.807, 2.05) is 0 Å².